The van der Waals surface area contributed by atoms with Gasteiger partial charge in [-0.1, -0.05) is 29.8 Å². The number of carbonyl (C=O) groups is 2. The molecule has 2 heterocycles. The van der Waals surface area contributed by atoms with E-state index in [2.05, 4.69) is 10.6 Å². The number of methoxy groups -OCH3 is 3. The Morgan fingerprint density at radius 2 is 1.76 bits per heavy atom. The van der Waals surface area contributed by atoms with Crippen LogP contribution in [0.25, 0.3) is 0 Å². The molecular weight excluding hydrogens is 486 g/mol. The van der Waals surface area contributed by atoms with Crippen LogP contribution in [-0.4, -0.2) is 39.0 Å². The maximum atomic E-state index is 14.1. The van der Waals surface area contributed by atoms with E-state index in [4.69, 9.17) is 18.9 Å². The number of ether oxygens (including phenoxy) is 4. The minimum Gasteiger partial charge on any atom is -0.497 e. The van der Waals surface area contributed by atoms with Crippen molar-refractivity contribution in [1.82, 2.24) is 5.32 Å². The molecule has 3 amide bonds. The van der Waals surface area contributed by atoms with E-state index in [0.717, 1.165) is 11.1 Å². The monoisotopic (exact) mass is 517 g/mol. The average Bonchev–Trinajstić information content (AvgIpc) is 2.89. The summed E-state index contributed by atoms with van der Waals surface area (Å²) in [5.41, 5.74) is 2.37. The summed E-state index contributed by atoms with van der Waals surface area (Å²) < 4.78 is 23.2. The highest BCUT2D eigenvalue weighted by molar-refractivity contribution is 6.02. The number of benzene rings is 3. The van der Waals surface area contributed by atoms with Crippen LogP contribution >= 0.6 is 0 Å². The van der Waals surface area contributed by atoms with Gasteiger partial charge < -0.3 is 29.6 Å². The highest BCUT2D eigenvalue weighted by atomic mass is 16.5. The molecule has 1 saturated heterocycles. The first-order chi connectivity index (χ1) is 18.2. The van der Waals surface area contributed by atoms with Gasteiger partial charge in [0.2, 0.25) is 11.6 Å². The normalized spacial score (nSPS) is 21.5. The average molecular weight is 518 g/mol. The number of aryl methyl sites for hydroxylation is 2. The third-order valence-corrected chi connectivity index (χ3v) is 7.26. The minimum atomic E-state index is -1.45. The van der Waals surface area contributed by atoms with E-state index in [9.17, 15) is 9.59 Å². The third kappa shape index (κ3) is 3.95. The third-order valence-electron chi connectivity index (χ3n) is 7.26. The summed E-state index contributed by atoms with van der Waals surface area (Å²) in [5.74, 6) is 0.789. The molecule has 0 spiro atoms. The molecule has 0 unspecified atom stereocenters. The first-order valence-corrected chi connectivity index (χ1v) is 12.3. The molecule has 0 radical (unpaired) electrons. The highest BCUT2D eigenvalue weighted by Gasteiger charge is 2.61. The molecular formula is C29H31N3O6. The zero-order chi connectivity index (χ0) is 27.2. The number of urea groups is 1. The van der Waals surface area contributed by atoms with Crippen LogP contribution in [0, 0.1) is 19.8 Å². The summed E-state index contributed by atoms with van der Waals surface area (Å²) in [7, 11) is 4.61. The molecule has 3 aromatic rings. The van der Waals surface area contributed by atoms with Crippen LogP contribution in [0.3, 0.4) is 0 Å². The van der Waals surface area contributed by atoms with Gasteiger partial charge in [0.05, 0.1) is 33.1 Å². The summed E-state index contributed by atoms with van der Waals surface area (Å²) >= 11 is 0. The molecule has 3 aromatic carbocycles. The fourth-order valence-electron chi connectivity index (χ4n) is 5.43. The Kier molecular flexibility index (Phi) is 6.30. The Balaban J connectivity index is 1.67. The SMILES string of the molecule is COc1ccc(N2C(=O)N[C@H]3c4cccc(OC)c4O[C@@]2(C)[C@H]3C(=O)Nc2ccc(C)cc2C)c(OC)c1. The zero-order valence-corrected chi connectivity index (χ0v) is 22.2. The molecule has 198 valence electrons. The molecule has 0 aromatic heterocycles. The van der Waals surface area contributed by atoms with Crippen molar-refractivity contribution in [3.05, 3.63) is 71.3 Å². The van der Waals surface area contributed by atoms with Crippen molar-refractivity contribution in [1.29, 1.82) is 0 Å². The van der Waals surface area contributed by atoms with E-state index >= 15 is 0 Å². The van der Waals surface area contributed by atoms with Gasteiger partial charge in [0.15, 0.2) is 11.5 Å². The number of amides is 3. The smallest absolute Gasteiger partial charge is 0.325 e. The van der Waals surface area contributed by atoms with Gasteiger partial charge in [-0.3, -0.25) is 9.69 Å². The lowest BCUT2D eigenvalue weighted by molar-refractivity contribution is -0.131. The van der Waals surface area contributed by atoms with E-state index < -0.39 is 23.7 Å². The number of para-hydroxylation sites is 1. The van der Waals surface area contributed by atoms with Crippen molar-refractivity contribution in [3.8, 4) is 23.0 Å². The van der Waals surface area contributed by atoms with Crippen LogP contribution in [0.2, 0.25) is 0 Å². The Morgan fingerprint density at radius 1 is 1.00 bits per heavy atom. The van der Waals surface area contributed by atoms with E-state index in [1.165, 1.54) is 12.0 Å². The second kappa shape index (κ2) is 9.48. The lowest BCUT2D eigenvalue weighted by Crippen LogP contribution is -2.72. The van der Waals surface area contributed by atoms with Gasteiger partial charge in [-0.15, -0.1) is 0 Å². The van der Waals surface area contributed by atoms with Gasteiger partial charge in [0, 0.05) is 17.3 Å². The van der Waals surface area contributed by atoms with Crippen molar-refractivity contribution in [2.24, 2.45) is 5.92 Å². The standard InChI is InChI=1S/C29H31N3O6/c1-16-10-12-20(17(2)14-16)30-27(33)24-25-19-8-7-9-22(36-5)26(19)38-29(24,3)32(28(34)31-25)21-13-11-18(35-4)15-23(21)37-6/h7-15,24-25H,1-6H3,(H,30,33)(H,31,34)/t24-,25+,29+/m1/s1. The molecule has 0 saturated carbocycles. The van der Waals surface area contributed by atoms with Crippen LogP contribution in [0.5, 0.6) is 23.0 Å². The maximum Gasteiger partial charge on any atom is 0.325 e. The van der Waals surface area contributed by atoms with Gasteiger partial charge in [-0.25, -0.2) is 4.79 Å². The summed E-state index contributed by atoms with van der Waals surface area (Å²) in [4.78, 5) is 29.2. The van der Waals surface area contributed by atoms with Crippen molar-refractivity contribution >= 4 is 23.3 Å². The number of fused-ring (bicyclic) bond motifs is 4. The van der Waals surface area contributed by atoms with Gasteiger partial charge in [-0.05, 0) is 50.6 Å². The molecule has 2 N–H and O–H groups in total. The second-order valence-electron chi connectivity index (χ2n) is 9.62. The Labute approximate surface area is 221 Å². The molecule has 9 nitrogen and oxygen atoms in total. The lowest BCUT2D eigenvalue weighted by atomic mass is 9.78. The topological polar surface area (TPSA) is 98.4 Å². The minimum absolute atomic E-state index is 0.296. The molecule has 38 heavy (non-hydrogen) atoms. The van der Waals surface area contributed by atoms with E-state index in [-0.39, 0.29) is 5.91 Å². The van der Waals surface area contributed by atoms with Gasteiger partial charge in [0.1, 0.15) is 17.4 Å². The van der Waals surface area contributed by atoms with Crippen molar-refractivity contribution in [2.75, 3.05) is 31.5 Å². The van der Waals surface area contributed by atoms with Crippen LogP contribution < -0.4 is 34.5 Å². The molecule has 3 atom stereocenters. The number of carbonyl (C=O) groups excluding carboxylic acids is 2. The molecule has 0 aliphatic carbocycles. The molecule has 1 fully saturated rings. The number of nitrogens with one attached hydrogen (secondary N) is 2. The number of anilines is 2. The predicted octanol–water partition coefficient (Wildman–Crippen LogP) is 4.96. The Hall–Kier alpha value is -4.40. The van der Waals surface area contributed by atoms with Crippen LogP contribution in [-0.2, 0) is 4.79 Å². The van der Waals surface area contributed by atoms with Gasteiger partial charge in [0.25, 0.3) is 0 Å². The van der Waals surface area contributed by atoms with E-state index in [0.29, 0.717) is 39.9 Å². The molecule has 9 heteroatoms. The zero-order valence-electron chi connectivity index (χ0n) is 22.2. The van der Waals surface area contributed by atoms with Crippen LogP contribution in [0.1, 0.15) is 29.7 Å². The number of nitrogens with zero attached hydrogens (tertiary/aromatic N) is 1. The second-order valence-corrected chi connectivity index (χ2v) is 9.62. The summed E-state index contributed by atoms with van der Waals surface area (Å²) in [6.45, 7) is 5.68. The summed E-state index contributed by atoms with van der Waals surface area (Å²) in [6, 6.07) is 15.3. The molecule has 2 bridgehead atoms. The lowest BCUT2D eigenvalue weighted by Gasteiger charge is -2.54. The summed E-state index contributed by atoms with van der Waals surface area (Å²) in [6.07, 6.45) is 0. The fourth-order valence-corrected chi connectivity index (χ4v) is 5.43. The van der Waals surface area contributed by atoms with Crippen LogP contribution in [0.15, 0.2) is 54.6 Å². The Bertz CT molecular complexity index is 1420. The quantitative estimate of drug-likeness (QED) is 0.480. The van der Waals surface area contributed by atoms with Crippen LogP contribution in [0.4, 0.5) is 16.2 Å². The molecule has 2 aliphatic rings. The van der Waals surface area contributed by atoms with Gasteiger partial charge >= 0.3 is 6.03 Å². The molecule has 5 rings (SSSR count). The fraction of sp³-hybridized carbons (Fsp3) is 0.310. The number of hydrogen-bond acceptors (Lipinski definition) is 6. The van der Waals surface area contributed by atoms with Gasteiger partial charge in [-0.2, -0.15) is 0 Å². The molecule has 2 aliphatic heterocycles. The number of rotatable bonds is 6. The highest BCUT2D eigenvalue weighted by Crippen LogP contribution is 2.53. The van der Waals surface area contributed by atoms with E-state index in [1.54, 1.807) is 45.4 Å². The summed E-state index contributed by atoms with van der Waals surface area (Å²) in [5, 5.41) is 6.13. The first kappa shape index (κ1) is 25.3. The van der Waals surface area contributed by atoms with Crippen molar-refractivity contribution in [2.45, 2.75) is 32.5 Å². The Morgan fingerprint density at radius 3 is 2.45 bits per heavy atom. The first-order valence-electron chi connectivity index (χ1n) is 12.3. The number of hydrogen-bond donors (Lipinski definition) is 2. The largest absolute Gasteiger partial charge is 0.497 e. The van der Waals surface area contributed by atoms with Crippen molar-refractivity contribution < 1.29 is 28.5 Å². The predicted molar refractivity (Wildman–Crippen MR) is 143 cm³/mol. The van der Waals surface area contributed by atoms with Crippen molar-refractivity contribution in [3.63, 3.8) is 0 Å². The van der Waals surface area contributed by atoms with E-state index in [1.807, 2.05) is 44.2 Å². The maximum absolute atomic E-state index is 14.1.